The number of nitrogens with one attached hydrogen (secondary N) is 1. The van der Waals surface area contributed by atoms with Crippen LogP contribution >= 0.6 is 0 Å². The van der Waals surface area contributed by atoms with Crippen molar-refractivity contribution in [2.24, 2.45) is 0 Å². The van der Waals surface area contributed by atoms with E-state index in [4.69, 9.17) is 9.84 Å². The molecular weight excluding hydrogens is 237 g/mol. The summed E-state index contributed by atoms with van der Waals surface area (Å²) in [7, 11) is 0. The molecule has 0 heterocycles. The molecule has 0 atom stereocenters. The number of halogens is 1. The van der Waals surface area contributed by atoms with Gasteiger partial charge in [0.15, 0.2) is 0 Å². The predicted octanol–water partition coefficient (Wildman–Crippen LogP) is 2.13. The maximum atomic E-state index is 13.0. The highest BCUT2D eigenvalue weighted by Crippen LogP contribution is 2.16. The third-order valence-electron chi connectivity index (χ3n) is 1.86. The largest absolute Gasteiger partial charge is 0.447 e. The lowest BCUT2D eigenvalue weighted by molar-refractivity contribution is 0.130. The molecule has 0 aliphatic rings. The van der Waals surface area contributed by atoms with Crippen LogP contribution in [0.2, 0.25) is 0 Å². The fraction of sp³-hybridized carbons (Fsp3) is 0.308. The van der Waals surface area contributed by atoms with Crippen molar-refractivity contribution in [2.75, 3.05) is 11.9 Å². The number of rotatable bonds is 2. The molecule has 2 N–H and O–H groups in total. The Bertz CT molecular complexity index is 489. The zero-order valence-corrected chi connectivity index (χ0v) is 10.2. The van der Waals surface area contributed by atoms with Crippen LogP contribution in [0.25, 0.3) is 0 Å². The maximum Gasteiger partial charge on any atom is 0.411 e. The second-order valence-electron chi connectivity index (χ2n) is 3.73. The number of amides is 1. The minimum atomic E-state index is -0.636. The number of benzene rings is 1. The number of hydrogen-bond donors (Lipinski definition) is 2. The molecule has 18 heavy (non-hydrogen) atoms. The van der Waals surface area contributed by atoms with Gasteiger partial charge < -0.3 is 9.84 Å². The van der Waals surface area contributed by atoms with Gasteiger partial charge in [-0.05, 0) is 32.0 Å². The average Bonchev–Trinajstić information content (AvgIpc) is 2.28. The van der Waals surface area contributed by atoms with Gasteiger partial charge in [0.1, 0.15) is 12.4 Å². The molecular formula is C13H14FNO3. The molecule has 96 valence electrons. The Hall–Kier alpha value is -2.06. The Kier molecular flexibility index (Phi) is 5.15. The van der Waals surface area contributed by atoms with Gasteiger partial charge in [-0.2, -0.15) is 0 Å². The molecule has 5 heteroatoms. The summed E-state index contributed by atoms with van der Waals surface area (Å²) in [6.45, 7) is 3.10. The van der Waals surface area contributed by atoms with Gasteiger partial charge in [0.05, 0.1) is 17.4 Å². The molecule has 0 bridgehead atoms. The lowest BCUT2D eigenvalue weighted by Crippen LogP contribution is -2.18. The van der Waals surface area contributed by atoms with E-state index in [1.54, 1.807) is 13.8 Å². The normalized spacial score (nSPS) is 9.61. The number of carbonyl (C=O) groups excluding carboxylic acids is 1. The number of hydrogen-bond acceptors (Lipinski definition) is 3. The Morgan fingerprint density at radius 1 is 1.56 bits per heavy atom. The first-order valence-corrected chi connectivity index (χ1v) is 5.40. The Morgan fingerprint density at radius 2 is 2.28 bits per heavy atom. The van der Waals surface area contributed by atoms with E-state index in [1.165, 1.54) is 18.2 Å². The molecule has 1 aromatic carbocycles. The molecule has 1 rings (SSSR count). The van der Waals surface area contributed by atoms with Crippen molar-refractivity contribution < 1.29 is 19.0 Å². The Balaban J connectivity index is 2.90. The summed E-state index contributed by atoms with van der Waals surface area (Å²) in [5.74, 6) is 4.47. The first-order chi connectivity index (χ1) is 8.52. The summed E-state index contributed by atoms with van der Waals surface area (Å²) in [4.78, 5) is 11.4. The van der Waals surface area contributed by atoms with Gasteiger partial charge in [-0.3, -0.25) is 5.32 Å². The molecule has 0 unspecified atom stereocenters. The van der Waals surface area contributed by atoms with Crippen LogP contribution in [0.3, 0.4) is 0 Å². The van der Waals surface area contributed by atoms with Crippen molar-refractivity contribution in [3.05, 3.63) is 29.6 Å². The predicted molar refractivity (Wildman–Crippen MR) is 65.6 cm³/mol. The smallest absolute Gasteiger partial charge is 0.411 e. The van der Waals surface area contributed by atoms with Crippen molar-refractivity contribution in [1.82, 2.24) is 0 Å². The van der Waals surface area contributed by atoms with E-state index >= 15 is 0 Å². The molecule has 1 aromatic rings. The third kappa shape index (κ3) is 4.44. The lowest BCUT2D eigenvalue weighted by atomic mass is 10.2. The van der Waals surface area contributed by atoms with Crippen LogP contribution in [0, 0.1) is 17.7 Å². The van der Waals surface area contributed by atoms with Crippen molar-refractivity contribution in [3.8, 4) is 11.8 Å². The van der Waals surface area contributed by atoms with E-state index < -0.39 is 11.9 Å². The summed E-state index contributed by atoms with van der Waals surface area (Å²) in [5, 5.41) is 11.1. The zero-order valence-electron chi connectivity index (χ0n) is 10.2. The van der Waals surface area contributed by atoms with Gasteiger partial charge in [0, 0.05) is 0 Å². The molecule has 0 fully saturated rings. The number of aliphatic hydroxyl groups is 1. The number of carbonyl (C=O) groups is 1. The van der Waals surface area contributed by atoms with E-state index in [0.717, 1.165) is 0 Å². The lowest BCUT2D eigenvalue weighted by Gasteiger charge is -2.10. The van der Waals surface area contributed by atoms with Crippen LogP contribution < -0.4 is 5.32 Å². The summed E-state index contributed by atoms with van der Waals surface area (Å²) >= 11 is 0. The van der Waals surface area contributed by atoms with Gasteiger partial charge in [-0.25, -0.2) is 9.18 Å². The van der Waals surface area contributed by atoms with Crippen molar-refractivity contribution in [1.29, 1.82) is 0 Å². The van der Waals surface area contributed by atoms with Crippen LogP contribution in [0.5, 0.6) is 0 Å². The number of anilines is 1. The van der Waals surface area contributed by atoms with E-state index in [1.807, 2.05) is 0 Å². The Morgan fingerprint density at radius 3 is 2.89 bits per heavy atom. The topological polar surface area (TPSA) is 58.6 Å². The van der Waals surface area contributed by atoms with Crippen LogP contribution in [-0.2, 0) is 4.74 Å². The van der Waals surface area contributed by atoms with Gasteiger partial charge in [0.25, 0.3) is 0 Å². The number of aliphatic hydroxyl groups excluding tert-OH is 1. The van der Waals surface area contributed by atoms with Crippen molar-refractivity contribution in [2.45, 2.75) is 20.0 Å². The third-order valence-corrected chi connectivity index (χ3v) is 1.86. The molecule has 0 aromatic heterocycles. The van der Waals surface area contributed by atoms with Crippen LogP contribution in [0.4, 0.5) is 14.9 Å². The van der Waals surface area contributed by atoms with Crippen LogP contribution in [-0.4, -0.2) is 23.9 Å². The second-order valence-corrected chi connectivity index (χ2v) is 3.73. The van der Waals surface area contributed by atoms with E-state index in [2.05, 4.69) is 17.2 Å². The summed E-state index contributed by atoms with van der Waals surface area (Å²) in [5.41, 5.74) is 0.618. The van der Waals surface area contributed by atoms with Crippen LogP contribution in [0.1, 0.15) is 19.4 Å². The molecule has 1 amide bonds. The molecule has 0 saturated heterocycles. The van der Waals surface area contributed by atoms with Crippen molar-refractivity contribution in [3.63, 3.8) is 0 Å². The highest BCUT2D eigenvalue weighted by Gasteiger charge is 2.09. The minimum Gasteiger partial charge on any atom is -0.447 e. The standard InChI is InChI=1S/C13H14FNO3/c1-9(2)18-13(17)15-12-6-5-11(14)8-10(12)4-3-7-16/h5-6,8-9,16H,7H2,1-2H3,(H,15,17). The molecule has 4 nitrogen and oxygen atoms in total. The first kappa shape index (κ1) is 14.0. The van der Waals surface area contributed by atoms with Crippen LogP contribution in [0.15, 0.2) is 18.2 Å². The number of ether oxygens (including phenoxy) is 1. The molecule has 0 saturated carbocycles. The van der Waals surface area contributed by atoms with Gasteiger partial charge >= 0.3 is 6.09 Å². The zero-order chi connectivity index (χ0) is 13.5. The highest BCUT2D eigenvalue weighted by molar-refractivity contribution is 5.86. The summed E-state index contributed by atoms with van der Waals surface area (Å²) in [6, 6.07) is 3.76. The fourth-order valence-corrected chi connectivity index (χ4v) is 1.22. The second kappa shape index (κ2) is 6.62. The average molecular weight is 251 g/mol. The van der Waals surface area contributed by atoms with E-state index in [-0.39, 0.29) is 18.3 Å². The fourth-order valence-electron chi connectivity index (χ4n) is 1.22. The molecule has 0 spiro atoms. The van der Waals surface area contributed by atoms with Gasteiger partial charge in [0.2, 0.25) is 0 Å². The maximum absolute atomic E-state index is 13.0. The van der Waals surface area contributed by atoms with E-state index in [0.29, 0.717) is 5.69 Å². The van der Waals surface area contributed by atoms with E-state index in [9.17, 15) is 9.18 Å². The Labute approximate surface area is 105 Å². The molecule has 0 aliphatic carbocycles. The minimum absolute atomic E-state index is 0.252. The van der Waals surface area contributed by atoms with Gasteiger partial charge in [-0.15, -0.1) is 0 Å². The summed E-state index contributed by atoms with van der Waals surface area (Å²) < 4.78 is 18.0. The molecule has 0 radical (unpaired) electrons. The summed E-state index contributed by atoms with van der Waals surface area (Å²) in [6.07, 6.45) is -0.888. The highest BCUT2D eigenvalue weighted by atomic mass is 19.1. The van der Waals surface area contributed by atoms with Crippen molar-refractivity contribution >= 4 is 11.8 Å². The monoisotopic (exact) mass is 251 g/mol. The van der Waals surface area contributed by atoms with Gasteiger partial charge in [-0.1, -0.05) is 11.8 Å². The SMILES string of the molecule is CC(C)OC(=O)Nc1ccc(F)cc1C#CCO. The quantitative estimate of drug-likeness (QED) is 0.791. The molecule has 0 aliphatic heterocycles. The first-order valence-electron chi connectivity index (χ1n) is 5.40.